The molecule has 3 nitrogen and oxygen atoms in total. The van der Waals surface area contributed by atoms with Crippen molar-refractivity contribution in [3.05, 3.63) is 48.6 Å². The van der Waals surface area contributed by atoms with Crippen molar-refractivity contribution in [1.82, 2.24) is 5.32 Å². The highest BCUT2D eigenvalue weighted by Gasteiger charge is 2.12. The molecule has 0 aliphatic heterocycles. The average molecular weight is 277 g/mol. The molecule has 20 heavy (non-hydrogen) atoms. The van der Waals surface area contributed by atoms with E-state index in [2.05, 4.69) is 24.4 Å². The Kier molecular flexibility index (Phi) is 10.3. The minimum absolute atomic E-state index is 0.166. The molecule has 0 heterocycles. The third kappa shape index (κ3) is 14.5. The van der Waals surface area contributed by atoms with Crippen molar-refractivity contribution < 1.29 is 9.90 Å². The molecule has 0 fully saturated rings. The lowest BCUT2D eigenvalue weighted by Crippen LogP contribution is -2.37. The Morgan fingerprint density at radius 1 is 1.05 bits per heavy atom. The summed E-state index contributed by atoms with van der Waals surface area (Å²) in [6.45, 7) is 5.67. The van der Waals surface area contributed by atoms with Crippen LogP contribution in [0.25, 0.3) is 0 Å². The summed E-state index contributed by atoms with van der Waals surface area (Å²) < 4.78 is 0. The number of hydrogen-bond donors (Lipinski definition) is 2. The van der Waals surface area contributed by atoms with Crippen LogP contribution in [0.4, 0.5) is 0 Å². The summed E-state index contributed by atoms with van der Waals surface area (Å²) in [6.07, 6.45) is 18.3. The first-order valence-corrected chi connectivity index (χ1v) is 7.11. The van der Waals surface area contributed by atoms with E-state index in [4.69, 9.17) is 0 Å². The van der Waals surface area contributed by atoms with Crippen molar-refractivity contribution in [2.75, 3.05) is 6.54 Å². The van der Waals surface area contributed by atoms with Gasteiger partial charge in [0.1, 0.15) is 0 Å². The van der Waals surface area contributed by atoms with Gasteiger partial charge in [0.2, 0.25) is 5.91 Å². The van der Waals surface area contributed by atoms with Gasteiger partial charge in [-0.1, -0.05) is 49.5 Å². The quantitative estimate of drug-likeness (QED) is 0.386. The summed E-state index contributed by atoms with van der Waals surface area (Å²) in [5.41, 5.74) is -0.870. The van der Waals surface area contributed by atoms with Gasteiger partial charge in [-0.25, -0.2) is 0 Å². The molecular formula is C17H27NO2. The molecule has 112 valence electrons. The molecular weight excluding hydrogens is 250 g/mol. The third-order valence-corrected chi connectivity index (χ3v) is 2.31. The zero-order chi connectivity index (χ0) is 15.3. The topological polar surface area (TPSA) is 49.3 Å². The standard InChI is InChI=1S/C17H27NO2/c1-4-5-6-7-8-9-10-11-12-13-14-16(19)18-15-17(2,3)20/h5-10,13-14,20H,4,11-12,15H2,1-3H3,(H,18,19). The smallest absolute Gasteiger partial charge is 0.243 e. The van der Waals surface area contributed by atoms with Crippen LogP contribution in [-0.4, -0.2) is 23.2 Å². The van der Waals surface area contributed by atoms with E-state index in [-0.39, 0.29) is 12.5 Å². The summed E-state index contributed by atoms with van der Waals surface area (Å²) in [7, 11) is 0. The van der Waals surface area contributed by atoms with Gasteiger partial charge in [0.15, 0.2) is 0 Å². The van der Waals surface area contributed by atoms with Crippen LogP contribution >= 0.6 is 0 Å². The highest BCUT2D eigenvalue weighted by atomic mass is 16.3. The molecule has 0 aromatic heterocycles. The Bertz CT molecular complexity index is 371. The first kappa shape index (κ1) is 18.4. The number of rotatable bonds is 9. The minimum Gasteiger partial charge on any atom is -0.389 e. The van der Waals surface area contributed by atoms with E-state index in [1.165, 1.54) is 6.08 Å². The number of carbonyl (C=O) groups excluding carboxylic acids is 1. The van der Waals surface area contributed by atoms with Gasteiger partial charge in [0.05, 0.1) is 5.60 Å². The molecule has 0 rings (SSSR count). The van der Waals surface area contributed by atoms with Crippen molar-refractivity contribution in [3.63, 3.8) is 0 Å². The molecule has 0 aromatic carbocycles. The minimum atomic E-state index is -0.870. The zero-order valence-electron chi connectivity index (χ0n) is 12.8. The van der Waals surface area contributed by atoms with Gasteiger partial charge in [-0.05, 0) is 39.2 Å². The van der Waals surface area contributed by atoms with E-state index >= 15 is 0 Å². The fraction of sp³-hybridized carbons (Fsp3) is 0.471. The van der Waals surface area contributed by atoms with Crippen LogP contribution in [0.3, 0.4) is 0 Å². The lowest BCUT2D eigenvalue weighted by Gasteiger charge is -2.16. The molecule has 0 spiro atoms. The van der Waals surface area contributed by atoms with Gasteiger partial charge in [-0.15, -0.1) is 0 Å². The van der Waals surface area contributed by atoms with Gasteiger partial charge < -0.3 is 10.4 Å². The van der Waals surface area contributed by atoms with E-state index in [9.17, 15) is 9.90 Å². The fourth-order valence-electron chi connectivity index (χ4n) is 1.26. The predicted octanol–water partition coefficient (Wildman–Crippen LogP) is 3.29. The monoisotopic (exact) mass is 277 g/mol. The molecule has 0 bridgehead atoms. The molecule has 0 saturated heterocycles. The Hall–Kier alpha value is -1.61. The van der Waals surface area contributed by atoms with Crippen molar-refractivity contribution in [3.8, 4) is 0 Å². The van der Waals surface area contributed by atoms with Crippen molar-refractivity contribution in [2.45, 2.75) is 45.6 Å². The normalized spacial score (nSPS) is 13.2. The summed E-state index contributed by atoms with van der Waals surface area (Å²) in [6, 6.07) is 0. The van der Waals surface area contributed by atoms with E-state index in [1.807, 2.05) is 30.4 Å². The van der Waals surface area contributed by atoms with Gasteiger partial charge in [0.25, 0.3) is 0 Å². The Morgan fingerprint density at radius 2 is 1.65 bits per heavy atom. The average Bonchev–Trinajstić information content (AvgIpc) is 2.38. The summed E-state index contributed by atoms with van der Waals surface area (Å²) in [5.74, 6) is -0.166. The second kappa shape index (κ2) is 11.2. The van der Waals surface area contributed by atoms with Crippen LogP contribution in [0.2, 0.25) is 0 Å². The number of hydrogen-bond acceptors (Lipinski definition) is 2. The second-order valence-electron chi connectivity index (χ2n) is 5.16. The van der Waals surface area contributed by atoms with E-state index in [0.717, 1.165) is 19.3 Å². The lowest BCUT2D eigenvalue weighted by molar-refractivity contribution is -0.117. The molecule has 2 N–H and O–H groups in total. The molecule has 3 heteroatoms. The van der Waals surface area contributed by atoms with E-state index in [1.54, 1.807) is 13.8 Å². The third-order valence-electron chi connectivity index (χ3n) is 2.31. The van der Waals surface area contributed by atoms with E-state index < -0.39 is 5.60 Å². The van der Waals surface area contributed by atoms with Gasteiger partial charge in [-0.3, -0.25) is 4.79 Å². The number of allylic oxidation sites excluding steroid dienone is 7. The summed E-state index contributed by atoms with van der Waals surface area (Å²) >= 11 is 0. The molecule has 0 radical (unpaired) electrons. The molecule has 0 unspecified atom stereocenters. The number of unbranched alkanes of at least 4 members (excludes halogenated alkanes) is 1. The highest BCUT2D eigenvalue weighted by Crippen LogP contribution is 1.97. The molecule has 0 saturated carbocycles. The second-order valence-corrected chi connectivity index (χ2v) is 5.16. The molecule has 0 aliphatic carbocycles. The number of carbonyl (C=O) groups is 1. The first-order valence-electron chi connectivity index (χ1n) is 7.11. The first-order chi connectivity index (χ1) is 9.45. The maximum absolute atomic E-state index is 11.4. The lowest BCUT2D eigenvalue weighted by atomic mass is 10.1. The summed E-state index contributed by atoms with van der Waals surface area (Å²) in [5, 5.41) is 12.1. The molecule has 0 atom stereocenters. The van der Waals surface area contributed by atoms with Crippen LogP contribution in [0.5, 0.6) is 0 Å². The zero-order valence-corrected chi connectivity index (χ0v) is 12.8. The van der Waals surface area contributed by atoms with Gasteiger partial charge in [-0.2, -0.15) is 0 Å². The van der Waals surface area contributed by atoms with Crippen molar-refractivity contribution in [1.29, 1.82) is 0 Å². The maximum atomic E-state index is 11.4. The molecule has 0 aliphatic rings. The Balaban J connectivity index is 3.71. The molecule has 0 aromatic rings. The van der Waals surface area contributed by atoms with Gasteiger partial charge in [0, 0.05) is 6.54 Å². The van der Waals surface area contributed by atoms with E-state index in [0.29, 0.717) is 0 Å². The predicted molar refractivity (Wildman–Crippen MR) is 85.4 cm³/mol. The number of aliphatic hydroxyl groups is 1. The number of nitrogens with one attached hydrogen (secondary N) is 1. The highest BCUT2D eigenvalue weighted by molar-refractivity contribution is 5.87. The summed E-state index contributed by atoms with van der Waals surface area (Å²) in [4.78, 5) is 11.4. The maximum Gasteiger partial charge on any atom is 0.243 e. The van der Waals surface area contributed by atoms with Crippen LogP contribution in [0.15, 0.2) is 48.6 Å². The van der Waals surface area contributed by atoms with Crippen molar-refractivity contribution in [2.24, 2.45) is 0 Å². The van der Waals surface area contributed by atoms with Crippen molar-refractivity contribution >= 4 is 5.91 Å². The van der Waals surface area contributed by atoms with Gasteiger partial charge >= 0.3 is 0 Å². The molecule has 1 amide bonds. The van der Waals surface area contributed by atoms with Crippen LogP contribution in [0, 0.1) is 0 Å². The number of amides is 1. The van der Waals surface area contributed by atoms with Crippen LogP contribution < -0.4 is 5.32 Å². The SMILES string of the molecule is CCC=CC=CC=CCCC=CC(=O)NCC(C)(C)O. The van der Waals surface area contributed by atoms with Crippen LogP contribution in [-0.2, 0) is 4.79 Å². The Morgan fingerprint density at radius 3 is 2.25 bits per heavy atom. The Labute approximate surface area is 122 Å². The van der Waals surface area contributed by atoms with Crippen LogP contribution in [0.1, 0.15) is 40.0 Å². The largest absolute Gasteiger partial charge is 0.389 e. The fourth-order valence-corrected chi connectivity index (χ4v) is 1.26.